The predicted octanol–water partition coefficient (Wildman–Crippen LogP) is 1.92. The lowest BCUT2D eigenvalue weighted by atomic mass is 9.99. The van der Waals surface area contributed by atoms with E-state index < -0.39 is 12.9 Å². The van der Waals surface area contributed by atoms with Crippen molar-refractivity contribution in [2.45, 2.75) is 6.54 Å². The first-order chi connectivity index (χ1) is 13.3. The third kappa shape index (κ3) is 2.47. The van der Waals surface area contributed by atoms with E-state index in [1.807, 2.05) is 30.6 Å². The lowest BCUT2D eigenvalue weighted by Gasteiger charge is -2.29. The summed E-state index contributed by atoms with van der Waals surface area (Å²) in [4.78, 5) is 14.4. The number of nitrogens with one attached hydrogen (secondary N) is 3. The molecule has 8 heteroatoms. The van der Waals surface area contributed by atoms with Crippen LogP contribution in [0.2, 0.25) is 0 Å². The third-order valence-corrected chi connectivity index (χ3v) is 4.13. The summed E-state index contributed by atoms with van der Waals surface area (Å²) in [7, 11) is 1.97. The van der Waals surface area contributed by atoms with Crippen molar-refractivity contribution in [2.75, 3.05) is 24.2 Å². The van der Waals surface area contributed by atoms with Gasteiger partial charge in [-0.25, -0.2) is 0 Å². The molecule has 1 amide bonds. The Kier molecular flexibility index (Phi) is 2.83. The van der Waals surface area contributed by atoms with E-state index in [0.29, 0.717) is 12.2 Å². The maximum Gasteiger partial charge on any atom is 0.273 e. The van der Waals surface area contributed by atoms with E-state index in [1.54, 1.807) is 12.3 Å². The molecule has 0 radical (unpaired) electrons. The second kappa shape index (κ2) is 5.90. The Morgan fingerprint density at radius 3 is 3.16 bits per heavy atom. The van der Waals surface area contributed by atoms with Crippen LogP contribution in [0.3, 0.4) is 0 Å². The Morgan fingerprint density at radius 2 is 2.28 bits per heavy atom. The van der Waals surface area contributed by atoms with Crippen LogP contribution in [0.1, 0.15) is 20.2 Å². The van der Waals surface area contributed by atoms with Gasteiger partial charge in [0.05, 0.1) is 35.1 Å². The van der Waals surface area contributed by atoms with Crippen molar-refractivity contribution in [1.29, 1.82) is 0 Å². The van der Waals surface area contributed by atoms with Crippen LogP contribution in [0.5, 0.6) is 0 Å². The quantitative estimate of drug-likeness (QED) is 0.675. The fraction of sp³-hybridized carbons (Fsp3) is 0.176. The third-order valence-electron chi connectivity index (χ3n) is 4.13. The number of para-hydroxylation sites is 1. The molecule has 8 nitrogen and oxygen atoms in total. The maximum absolute atomic E-state index is 12.3. The highest BCUT2D eigenvalue weighted by atomic mass is 16.1. The van der Waals surface area contributed by atoms with Crippen molar-refractivity contribution in [3.8, 4) is 11.3 Å². The number of hydrogen-bond acceptors (Lipinski definition) is 6. The minimum atomic E-state index is -2.62. The number of anilines is 3. The van der Waals surface area contributed by atoms with Crippen LogP contribution in [-0.2, 0) is 6.54 Å². The molecule has 126 valence electrons. The molecule has 3 N–H and O–H groups in total. The molecule has 0 saturated carbocycles. The van der Waals surface area contributed by atoms with Gasteiger partial charge in [0.1, 0.15) is 0 Å². The van der Waals surface area contributed by atoms with Crippen molar-refractivity contribution < 1.29 is 8.91 Å². The second-order valence-corrected chi connectivity index (χ2v) is 5.70. The molecule has 25 heavy (non-hydrogen) atoms. The fourth-order valence-corrected chi connectivity index (χ4v) is 3.06. The molecule has 4 rings (SSSR count). The maximum atomic E-state index is 12.3. The summed E-state index contributed by atoms with van der Waals surface area (Å²) in [6.45, 7) is -1.94. The number of nitrogens with zero attached hydrogens (tertiary/aromatic N) is 4. The fourth-order valence-electron chi connectivity index (χ4n) is 3.06. The van der Waals surface area contributed by atoms with Gasteiger partial charge in [0, 0.05) is 35.8 Å². The Morgan fingerprint density at radius 1 is 1.36 bits per heavy atom. The van der Waals surface area contributed by atoms with Gasteiger partial charge in [-0.1, -0.05) is 12.1 Å². The minimum Gasteiger partial charge on any atom is -0.368 e. The number of aromatic amines is 1. The number of carbonyl (C=O) groups excluding carboxylic acids is 1. The van der Waals surface area contributed by atoms with E-state index in [4.69, 9.17) is 4.11 Å². The molecule has 0 bridgehead atoms. The summed E-state index contributed by atoms with van der Waals surface area (Å²) in [6, 6.07) is 7.33. The number of H-pyrrole nitrogens is 1. The molecular weight excluding hydrogens is 318 g/mol. The lowest BCUT2D eigenvalue weighted by molar-refractivity contribution is 0.0958. The van der Waals surface area contributed by atoms with Gasteiger partial charge < -0.3 is 15.5 Å². The molecule has 1 aromatic carbocycles. The molecule has 3 heterocycles. The van der Waals surface area contributed by atoms with Gasteiger partial charge in [-0.05, 0) is 12.1 Å². The lowest BCUT2D eigenvalue weighted by Crippen LogP contribution is -2.23. The molecule has 2 aromatic heterocycles. The first-order valence-electron chi connectivity index (χ1n) is 9.11. The molecule has 1 aliphatic rings. The standard InChI is InChI=1S/C17H17N7O/c1-18-17(25)15-12(6-7-19-23-15)21-13-5-3-4-11-14-10(8-20-22-14)9-24(2)16(11)13/h3-8H,9H2,1-2H3,(H,18,25)(H,19,21)(H,20,22)/i1D3. The average molecular weight is 338 g/mol. The zero-order valence-corrected chi connectivity index (χ0v) is 13.4. The average Bonchev–Trinajstić information content (AvgIpc) is 3.09. The zero-order valence-electron chi connectivity index (χ0n) is 16.4. The van der Waals surface area contributed by atoms with Gasteiger partial charge in [0.15, 0.2) is 5.69 Å². The molecule has 0 atom stereocenters. The normalized spacial score (nSPS) is 14.6. The van der Waals surface area contributed by atoms with Crippen LogP contribution in [0.4, 0.5) is 17.1 Å². The number of benzene rings is 1. The number of fused-ring (bicyclic) bond motifs is 3. The van der Waals surface area contributed by atoms with Crippen LogP contribution in [0.15, 0.2) is 36.7 Å². The van der Waals surface area contributed by atoms with Crippen molar-refractivity contribution >= 4 is 23.0 Å². The summed E-state index contributed by atoms with van der Waals surface area (Å²) in [6.07, 6.45) is 3.24. The van der Waals surface area contributed by atoms with Crippen LogP contribution >= 0.6 is 0 Å². The Labute approximate surface area is 148 Å². The topological polar surface area (TPSA) is 98.8 Å². The second-order valence-electron chi connectivity index (χ2n) is 5.70. The van der Waals surface area contributed by atoms with Gasteiger partial charge in [-0.3, -0.25) is 9.89 Å². The van der Waals surface area contributed by atoms with E-state index in [2.05, 4.69) is 30.6 Å². The highest BCUT2D eigenvalue weighted by Gasteiger charge is 2.24. The summed E-state index contributed by atoms with van der Waals surface area (Å²) < 4.78 is 21.7. The first kappa shape index (κ1) is 12.0. The smallest absolute Gasteiger partial charge is 0.273 e. The van der Waals surface area contributed by atoms with Gasteiger partial charge in [-0.15, -0.1) is 5.10 Å². The SMILES string of the molecule is [2H]C([2H])([2H])NC(=O)c1nnccc1Nc1cccc2c1N(C)Cc1cn[nH]c1-2. The first-order valence-corrected chi connectivity index (χ1v) is 7.61. The van der Waals surface area contributed by atoms with Gasteiger partial charge in [0.25, 0.3) is 5.91 Å². The molecule has 0 aliphatic carbocycles. The number of rotatable bonds is 3. The number of hydrogen-bond donors (Lipinski definition) is 3. The van der Waals surface area contributed by atoms with E-state index in [1.165, 1.54) is 6.20 Å². The molecule has 1 aliphatic heterocycles. The Bertz CT molecular complexity index is 1050. The minimum absolute atomic E-state index is 0.100. The van der Waals surface area contributed by atoms with E-state index >= 15 is 0 Å². The molecule has 3 aromatic rings. The van der Waals surface area contributed by atoms with E-state index in [-0.39, 0.29) is 5.69 Å². The molecule has 0 spiro atoms. The van der Waals surface area contributed by atoms with Crippen molar-refractivity contribution in [1.82, 2.24) is 25.7 Å². The summed E-state index contributed by atoms with van der Waals surface area (Å²) >= 11 is 0. The predicted molar refractivity (Wildman–Crippen MR) is 94.8 cm³/mol. The van der Waals surface area contributed by atoms with Crippen molar-refractivity contribution in [3.63, 3.8) is 0 Å². The largest absolute Gasteiger partial charge is 0.368 e. The highest BCUT2D eigenvalue weighted by Crippen LogP contribution is 2.42. The van der Waals surface area contributed by atoms with Gasteiger partial charge in [-0.2, -0.15) is 10.2 Å². The molecule has 0 fully saturated rings. The van der Waals surface area contributed by atoms with Crippen LogP contribution in [0, 0.1) is 0 Å². The summed E-state index contributed by atoms with van der Waals surface area (Å²) in [5.41, 5.74) is 4.95. The van der Waals surface area contributed by atoms with Gasteiger partial charge >= 0.3 is 0 Å². The molecule has 0 unspecified atom stereocenters. The summed E-state index contributed by atoms with van der Waals surface area (Å²) in [5.74, 6) is -0.829. The van der Waals surface area contributed by atoms with E-state index in [0.717, 1.165) is 28.2 Å². The zero-order chi connectivity index (χ0) is 19.9. The van der Waals surface area contributed by atoms with E-state index in [9.17, 15) is 4.79 Å². The summed E-state index contributed by atoms with van der Waals surface area (Å²) in [5, 5.41) is 19.8. The molecular formula is C17H17N7O. The number of amides is 1. The van der Waals surface area contributed by atoms with Crippen molar-refractivity contribution in [3.05, 3.63) is 47.9 Å². The Balaban J connectivity index is 1.73. The van der Waals surface area contributed by atoms with Crippen LogP contribution < -0.4 is 15.5 Å². The number of aromatic nitrogens is 4. The van der Waals surface area contributed by atoms with Crippen molar-refractivity contribution in [2.24, 2.45) is 0 Å². The van der Waals surface area contributed by atoms with Gasteiger partial charge in [0.2, 0.25) is 0 Å². The highest BCUT2D eigenvalue weighted by molar-refractivity contribution is 5.99. The van der Waals surface area contributed by atoms with Crippen LogP contribution in [0.25, 0.3) is 11.3 Å². The number of carbonyl (C=O) groups is 1. The Hall–Kier alpha value is -3.42. The van der Waals surface area contributed by atoms with Crippen LogP contribution in [-0.4, -0.2) is 40.3 Å². The monoisotopic (exact) mass is 338 g/mol. The molecule has 0 saturated heterocycles.